The molecule has 1 aliphatic heterocycles. The van der Waals surface area contributed by atoms with Crippen molar-refractivity contribution in [3.63, 3.8) is 0 Å². The second kappa shape index (κ2) is 7.50. The van der Waals surface area contributed by atoms with E-state index in [2.05, 4.69) is 14.9 Å². The van der Waals surface area contributed by atoms with Crippen LogP contribution in [0.4, 0.5) is 5.82 Å². The Hall–Kier alpha value is -2.71. The Morgan fingerprint density at radius 2 is 1.52 bits per heavy atom. The van der Waals surface area contributed by atoms with E-state index in [4.69, 9.17) is 0 Å². The Balaban J connectivity index is 1.42. The Labute approximate surface area is 159 Å². The lowest BCUT2D eigenvalue weighted by Crippen LogP contribution is -2.49. The van der Waals surface area contributed by atoms with Crippen molar-refractivity contribution in [3.05, 3.63) is 72.8 Å². The van der Waals surface area contributed by atoms with Crippen LogP contribution in [-0.4, -0.2) is 53.4 Å². The first kappa shape index (κ1) is 17.7. The molecule has 0 bridgehead atoms. The molecule has 140 valence electrons. The van der Waals surface area contributed by atoms with Crippen LogP contribution in [0.15, 0.2) is 67.3 Å². The Kier molecular flexibility index (Phi) is 4.91. The van der Waals surface area contributed by atoms with Crippen LogP contribution >= 0.6 is 0 Å². The van der Waals surface area contributed by atoms with E-state index >= 15 is 0 Å². The molecule has 4 rings (SSSR count). The molecule has 7 nitrogen and oxygen atoms in total. The molecule has 0 saturated carbocycles. The highest BCUT2D eigenvalue weighted by molar-refractivity contribution is 7.88. The molecule has 0 aliphatic carbocycles. The minimum absolute atomic E-state index is 0.0408. The molecule has 0 spiro atoms. The van der Waals surface area contributed by atoms with Crippen LogP contribution in [0, 0.1) is 0 Å². The molecule has 8 heteroatoms. The average Bonchev–Trinajstić information content (AvgIpc) is 3.24. The first-order valence-corrected chi connectivity index (χ1v) is 10.4. The van der Waals surface area contributed by atoms with Gasteiger partial charge in [-0.3, -0.25) is 0 Å². The van der Waals surface area contributed by atoms with Crippen molar-refractivity contribution in [1.29, 1.82) is 0 Å². The maximum Gasteiger partial charge on any atom is 0.218 e. The summed E-state index contributed by atoms with van der Waals surface area (Å²) in [5.41, 5.74) is 0.812. The summed E-state index contributed by atoms with van der Waals surface area (Å²) >= 11 is 0. The molecule has 1 aromatic carbocycles. The smallest absolute Gasteiger partial charge is 0.218 e. The molecule has 27 heavy (non-hydrogen) atoms. The molecule has 0 radical (unpaired) electrons. The third-order valence-corrected chi connectivity index (χ3v) is 6.51. The molecule has 1 saturated heterocycles. The summed E-state index contributed by atoms with van der Waals surface area (Å²) in [6.07, 6.45) is 5.41. The van der Waals surface area contributed by atoms with Crippen LogP contribution in [0.1, 0.15) is 5.56 Å². The Morgan fingerprint density at radius 3 is 2.22 bits per heavy atom. The van der Waals surface area contributed by atoms with Crippen LogP contribution in [0.2, 0.25) is 0 Å². The lowest BCUT2D eigenvalue weighted by Gasteiger charge is -2.34. The average molecular weight is 383 g/mol. The van der Waals surface area contributed by atoms with Gasteiger partial charge >= 0.3 is 0 Å². The van der Waals surface area contributed by atoms with Gasteiger partial charge in [0.1, 0.15) is 18.0 Å². The maximum absolute atomic E-state index is 12.7. The maximum atomic E-state index is 12.7. The van der Waals surface area contributed by atoms with Crippen molar-refractivity contribution < 1.29 is 8.42 Å². The van der Waals surface area contributed by atoms with Crippen LogP contribution in [0.25, 0.3) is 5.82 Å². The number of hydrogen-bond acceptors (Lipinski definition) is 5. The van der Waals surface area contributed by atoms with Crippen molar-refractivity contribution >= 4 is 15.8 Å². The highest BCUT2D eigenvalue weighted by Crippen LogP contribution is 2.19. The number of hydrogen-bond donors (Lipinski definition) is 0. The standard InChI is InChI=1S/C19H21N5O2S/c25-27(26,15-17-6-2-1-3-7-17)24-12-10-23(11-13-24)19-14-18(20-16-21-19)22-8-4-5-9-22/h1-9,14,16H,10-13,15H2. The lowest BCUT2D eigenvalue weighted by atomic mass is 10.2. The summed E-state index contributed by atoms with van der Waals surface area (Å²) in [5, 5.41) is 0. The summed E-state index contributed by atoms with van der Waals surface area (Å²) in [6.45, 7) is 2.13. The summed E-state index contributed by atoms with van der Waals surface area (Å²) in [5.74, 6) is 1.65. The first-order valence-electron chi connectivity index (χ1n) is 8.84. The summed E-state index contributed by atoms with van der Waals surface area (Å²) in [6, 6.07) is 15.1. The summed E-state index contributed by atoms with van der Waals surface area (Å²) < 4.78 is 28.9. The molecule has 1 fully saturated rings. The number of aromatic nitrogens is 3. The number of rotatable bonds is 5. The molecule has 0 unspecified atom stereocenters. The van der Waals surface area contributed by atoms with Gasteiger partial charge < -0.3 is 9.47 Å². The normalized spacial score (nSPS) is 15.8. The van der Waals surface area contributed by atoms with Gasteiger partial charge in [0.15, 0.2) is 0 Å². The largest absolute Gasteiger partial charge is 0.354 e. The molecular formula is C19H21N5O2S. The number of anilines is 1. The highest BCUT2D eigenvalue weighted by Gasteiger charge is 2.27. The predicted molar refractivity (Wildman–Crippen MR) is 104 cm³/mol. The predicted octanol–water partition coefficient (Wildman–Crippen LogP) is 1.92. The number of piperazine rings is 1. The first-order chi connectivity index (χ1) is 13.1. The molecule has 0 atom stereocenters. The zero-order valence-electron chi connectivity index (χ0n) is 14.8. The van der Waals surface area contributed by atoms with Gasteiger partial charge in [0.25, 0.3) is 0 Å². The molecule has 1 aliphatic rings. The van der Waals surface area contributed by atoms with E-state index in [9.17, 15) is 8.42 Å². The van der Waals surface area contributed by atoms with Crippen LogP contribution in [0.5, 0.6) is 0 Å². The van der Waals surface area contributed by atoms with E-state index in [1.807, 2.05) is 65.5 Å². The highest BCUT2D eigenvalue weighted by atomic mass is 32.2. The van der Waals surface area contributed by atoms with E-state index in [1.165, 1.54) is 0 Å². The number of benzene rings is 1. The second-order valence-electron chi connectivity index (χ2n) is 6.45. The van der Waals surface area contributed by atoms with E-state index in [0.717, 1.165) is 17.2 Å². The molecule has 3 heterocycles. The quantitative estimate of drug-likeness (QED) is 0.673. The zero-order chi connectivity index (χ0) is 18.7. The Morgan fingerprint density at radius 1 is 0.852 bits per heavy atom. The zero-order valence-corrected chi connectivity index (χ0v) is 15.7. The Bertz CT molecular complexity index is 982. The minimum atomic E-state index is -3.32. The van der Waals surface area contributed by atoms with Gasteiger partial charge in [-0.2, -0.15) is 4.31 Å². The molecule has 2 aromatic heterocycles. The van der Waals surface area contributed by atoms with Crippen molar-refractivity contribution in [3.8, 4) is 5.82 Å². The molecule has 3 aromatic rings. The fourth-order valence-corrected chi connectivity index (χ4v) is 4.73. The molecule has 0 N–H and O–H groups in total. The van der Waals surface area contributed by atoms with Gasteiger partial charge in [-0.15, -0.1) is 0 Å². The summed E-state index contributed by atoms with van der Waals surface area (Å²) in [4.78, 5) is 10.8. The lowest BCUT2D eigenvalue weighted by molar-refractivity contribution is 0.383. The van der Waals surface area contributed by atoms with Gasteiger partial charge in [-0.1, -0.05) is 30.3 Å². The van der Waals surface area contributed by atoms with Gasteiger partial charge in [0, 0.05) is 44.6 Å². The third kappa shape index (κ3) is 4.01. The topological polar surface area (TPSA) is 71.3 Å². The van der Waals surface area contributed by atoms with E-state index in [-0.39, 0.29) is 5.75 Å². The summed E-state index contributed by atoms with van der Waals surface area (Å²) in [7, 11) is -3.32. The van der Waals surface area contributed by atoms with Crippen molar-refractivity contribution in [1.82, 2.24) is 18.8 Å². The second-order valence-corrected chi connectivity index (χ2v) is 8.42. The molecular weight excluding hydrogens is 362 g/mol. The van der Waals surface area contributed by atoms with Crippen LogP contribution < -0.4 is 4.90 Å². The van der Waals surface area contributed by atoms with Crippen molar-refractivity contribution in [2.75, 3.05) is 31.1 Å². The fraction of sp³-hybridized carbons (Fsp3) is 0.263. The van der Waals surface area contributed by atoms with Gasteiger partial charge in [-0.25, -0.2) is 18.4 Å². The van der Waals surface area contributed by atoms with Crippen LogP contribution in [-0.2, 0) is 15.8 Å². The van der Waals surface area contributed by atoms with Crippen molar-refractivity contribution in [2.24, 2.45) is 0 Å². The van der Waals surface area contributed by atoms with E-state index in [0.29, 0.717) is 26.2 Å². The fourth-order valence-electron chi connectivity index (χ4n) is 3.21. The third-order valence-electron chi connectivity index (χ3n) is 4.66. The monoisotopic (exact) mass is 383 g/mol. The van der Waals surface area contributed by atoms with Crippen LogP contribution in [0.3, 0.4) is 0 Å². The SMILES string of the molecule is O=S(=O)(Cc1ccccc1)N1CCN(c2cc(-n3cccc3)ncn2)CC1. The number of nitrogens with zero attached hydrogens (tertiary/aromatic N) is 5. The van der Waals surface area contributed by atoms with Gasteiger partial charge in [0.2, 0.25) is 10.0 Å². The van der Waals surface area contributed by atoms with Crippen molar-refractivity contribution in [2.45, 2.75) is 5.75 Å². The van der Waals surface area contributed by atoms with Gasteiger partial charge in [0.05, 0.1) is 5.75 Å². The minimum Gasteiger partial charge on any atom is -0.354 e. The molecule has 0 amide bonds. The van der Waals surface area contributed by atoms with E-state index in [1.54, 1.807) is 10.6 Å². The van der Waals surface area contributed by atoms with Gasteiger partial charge in [-0.05, 0) is 17.7 Å². The van der Waals surface area contributed by atoms with E-state index < -0.39 is 10.0 Å². The number of sulfonamides is 1.